The summed E-state index contributed by atoms with van der Waals surface area (Å²) in [6.07, 6.45) is 5.04. The molecule has 0 aliphatic rings. The molecular weight excluding hydrogens is 212 g/mol. The van der Waals surface area contributed by atoms with Gasteiger partial charge >= 0.3 is 0 Å². The molecule has 1 rings (SSSR count). The maximum atomic E-state index is 5.64. The second kappa shape index (κ2) is 6.60. The van der Waals surface area contributed by atoms with Gasteiger partial charge in [-0.05, 0) is 42.9 Å². The van der Waals surface area contributed by atoms with Crippen molar-refractivity contribution in [1.29, 1.82) is 0 Å². The van der Waals surface area contributed by atoms with Crippen molar-refractivity contribution < 1.29 is 4.74 Å². The minimum absolute atomic E-state index is 0.139. The third-order valence-corrected chi connectivity index (χ3v) is 2.70. The molecule has 0 atom stereocenters. The standard InChI is InChI=1S/C14H24N2O/c1-14(2,3)12-7-9-16-13(11-12)17-10-6-4-5-8-15/h7,9,11H,4-6,8,10,15H2,1-3H3. The Morgan fingerprint density at radius 2 is 2.00 bits per heavy atom. The van der Waals surface area contributed by atoms with Gasteiger partial charge in [0.2, 0.25) is 5.88 Å². The van der Waals surface area contributed by atoms with E-state index in [9.17, 15) is 0 Å². The molecule has 96 valence electrons. The average Bonchev–Trinajstić information content (AvgIpc) is 2.28. The van der Waals surface area contributed by atoms with E-state index in [1.807, 2.05) is 18.3 Å². The van der Waals surface area contributed by atoms with Gasteiger partial charge < -0.3 is 10.5 Å². The third kappa shape index (κ3) is 5.18. The summed E-state index contributed by atoms with van der Waals surface area (Å²) in [6.45, 7) is 8.05. The quantitative estimate of drug-likeness (QED) is 0.773. The molecule has 2 N–H and O–H groups in total. The Labute approximate surface area is 104 Å². The number of rotatable bonds is 6. The Morgan fingerprint density at radius 1 is 1.24 bits per heavy atom. The maximum Gasteiger partial charge on any atom is 0.213 e. The molecule has 0 saturated heterocycles. The van der Waals surface area contributed by atoms with Crippen molar-refractivity contribution in [1.82, 2.24) is 4.98 Å². The Morgan fingerprint density at radius 3 is 2.65 bits per heavy atom. The first-order valence-corrected chi connectivity index (χ1v) is 6.33. The van der Waals surface area contributed by atoms with Crippen LogP contribution in [0.4, 0.5) is 0 Å². The third-order valence-electron chi connectivity index (χ3n) is 2.70. The number of nitrogens with two attached hydrogens (primary N) is 1. The maximum absolute atomic E-state index is 5.64. The van der Waals surface area contributed by atoms with E-state index in [2.05, 4.69) is 25.8 Å². The van der Waals surface area contributed by atoms with Crippen LogP contribution in [0.15, 0.2) is 18.3 Å². The van der Waals surface area contributed by atoms with Crippen molar-refractivity contribution in [2.24, 2.45) is 5.73 Å². The molecule has 1 aromatic heterocycles. The molecule has 1 aromatic rings. The first-order chi connectivity index (χ1) is 8.04. The highest BCUT2D eigenvalue weighted by atomic mass is 16.5. The summed E-state index contributed by atoms with van der Waals surface area (Å²) in [5.41, 5.74) is 6.83. The molecule has 0 aliphatic heterocycles. The van der Waals surface area contributed by atoms with Crippen molar-refractivity contribution >= 4 is 0 Å². The molecule has 0 spiro atoms. The van der Waals surface area contributed by atoms with Gasteiger partial charge in [-0.1, -0.05) is 20.8 Å². The number of unbranched alkanes of at least 4 members (excludes halogenated alkanes) is 2. The van der Waals surface area contributed by atoms with Gasteiger partial charge in [0, 0.05) is 12.3 Å². The van der Waals surface area contributed by atoms with E-state index >= 15 is 0 Å². The number of nitrogens with zero attached hydrogens (tertiary/aromatic N) is 1. The summed E-state index contributed by atoms with van der Waals surface area (Å²) in [7, 11) is 0. The van der Waals surface area contributed by atoms with Gasteiger partial charge in [0.05, 0.1) is 6.61 Å². The Bertz CT molecular complexity index is 331. The molecule has 0 saturated carbocycles. The van der Waals surface area contributed by atoms with Crippen molar-refractivity contribution in [2.75, 3.05) is 13.2 Å². The van der Waals surface area contributed by atoms with Crippen LogP contribution in [0.5, 0.6) is 5.88 Å². The van der Waals surface area contributed by atoms with Crippen LogP contribution in [0.1, 0.15) is 45.6 Å². The normalized spacial score (nSPS) is 11.5. The highest BCUT2D eigenvalue weighted by Crippen LogP contribution is 2.24. The van der Waals surface area contributed by atoms with Crippen LogP contribution < -0.4 is 10.5 Å². The number of hydrogen-bond donors (Lipinski definition) is 1. The molecule has 0 bridgehead atoms. The highest BCUT2D eigenvalue weighted by Gasteiger charge is 2.14. The molecule has 0 fully saturated rings. The molecule has 0 amide bonds. The Balaban J connectivity index is 2.44. The molecule has 0 aliphatic carbocycles. The summed E-state index contributed by atoms with van der Waals surface area (Å²) in [6, 6.07) is 4.07. The van der Waals surface area contributed by atoms with E-state index in [4.69, 9.17) is 10.5 Å². The fourth-order valence-electron chi connectivity index (χ4n) is 1.55. The van der Waals surface area contributed by atoms with Gasteiger partial charge in [-0.3, -0.25) is 0 Å². The van der Waals surface area contributed by atoms with Crippen LogP contribution in [0.3, 0.4) is 0 Å². The molecule has 0 unspecified atom stereocenters. The topological polar surface area (TPSA) is 48.1 Å². The lowest BCUT2D eigenvalue weighted by Crippen LogP contribution is -2.11. The molecular formula is C14H24N2O. The van der Waals surface area contributed by atoms with E-state index in [0.717, 1.165) is 38.3 Å². The van der Waals surface area contributed by atoms with Crippen LogP contribution >= 0.6 is 0 Å². The monoisotopic (exact) mass is 236 g/mol. The van der Waals surface area contributed by atoms with Crippen molar-refractivity contribution in [2.45, 2.75) is 45.4 Å². The lowest BCUT2D eigenvalue weighted by atomic mass is 9.88. The minimum Gasteiger partial charge on any atom is -0.478 e. The van der Waals surface area contributed by atoms with Gasteiger partial charge in [0.15, 0.2) is 0 Å². The molecule has 17 heavy (non-hydrogen) atoms. The second-order valence-electron chi connectivity index (χ2n) is 5.33. The van der Waals surface area contributed by atoms with Gasteiger partial charge in [-0.2, -0.15) is 0 Å². The van der Waals surface area contributed by atoms with Gasteiger partial charge in [0.25, 0.3) is 0 Å². The largest absolute Gasteiger partial charge is 0.478 e. The molecule has 0 aromatic carbocycles. The van der Waals surface area contributed by atoms with Crippen molar-refractivity contribution in [3.63, 3.8) is 0 Å². The Hall–Kier alpha value is -1.09. The van der Waals surface area contributed by atoms with Crippen molar-refractivity contribution in [3.8, 4) is 5.88 Å². The van der Waals surface area contributed by atoms with E-state index < -0.39 is 0 Å². The molecule has 3 nitrogen and oxygen atoms in total. The zero-order valence-electron chi connectivity index (χ0n) is 11.2. The zero-order valence-corrected chi connectivity index (χ0v) is 11.2. The van der Waals surface area contributed by atoms with Crippen LogP contribution in [0.2, 0.25) is 0 Å². The van der Waals surface area contributed by atoms with Crippen LogP contribution in [-0.2, 0) is 5.41 Å². The van der Waals surface area contributed by atoms with Crippen LogP contribution in [0, 0.1) is 0 Å². The summed E-state index contributed by atoms with van der Waals surface area (Å²) in [5, 5.41) is 0. The summed E-state index contributed by atoms with van der Waals surface area (Å²) < 4.78 is 5.64. The van der Waals surface area contributed by atoms with Crippen LogP contribution in [-0.4, -0.2) is 18.1 Å². The summed E-state index contributed by atoms with van der Waals surface area (Å²) in [4.78, 5) is 4.22. The first kappa shape index (κ1) is 14.0. The molecule has 3 heteroatoms. The predicted octanol–water partition coefficient (Wildman–Crippen LogP) is 2.89. The summed E-state index contributed by atoms with van der Waals surface area (Å²) in [5.74, 6) is 0.727. The predicted molar refractivity (Wildman–Crippen MR) is 71.3 cm³/mol. The number of ether oxygens (including phenoxy) is 1. The summed E-state index contributed by atoms with van der Waals surface area (Å²) >= 11 is 0. The van der Waals surface area contributed by atoms with E-state index in [1.165, 1.54) is 5.56 Å². The van der Waals surface area contributed by atoms with E-state index in [-0.39, 0.29) is 5.41 Å². The fraction of sp³-hybridized carbons (Fsp3) is 0.643. The van der Waals surface area contributed by atoms with E-state index in [1.54, 1.807) is 0 Å². The molecule has 0 radical (unpaired) electrons. The van der Waals surface area contributed by atoms with Gasteiger partial charge in [-0.25, -0.2) is 4.98 Å². The smallest absolute Gasteiger partial charge is 0.213 e. The highest BCUT2D eigenvalue weighted by molar-refractivity contribution is 5.26. The van der Waals surface area contributed by atoms with Crippen molar-refractivity contribution in [3.05, 3.63) is 23.9 Å². The van der Waals surface area contributed by atoms with Gasteiger partial charge in [-0.15, -0.1) is 0 Å². The van der Waals surface area contributed by atoms with E-state index in [0.29, 0.717) is 0 Å². The van der Waals surface area contributed by atoms with Crippen LogP contribution in [0.25, 0.3) is 0 Å². The minimum atomic E-state index is 0.139. The SMILES string of the molecule is CC(C)(C)c1ccnc(OCCCCCN)c1. The lowest BCUT2D eigenvalue weighted by molar-refractivity contribution is 0.293. The zero-order chi connectivity index (χ0) is 12.7. The lowest BCUT2D eigenvalue weighted by Gasteiger charge is -2.19. The average molecular weight is 236 g/mol. The second-order valence-corrected chi connectivity index (χ2v) is 5.33. The number of aromatic nitrogens is 1. The molecule has 1 heterocycles. The number of hydrogen-bond acceptors (Lipinski definition) is 3. The Kier molecular flexibility index (Phi) is 5.42. The number of pyridine rings is 1. The van der Waals surface area contributed by atoms with Gasteiger partial charge in [0.1, 0.15) is 0 Å². The first-order valence-electron chi connectivity index (χ1n) is 6.33. The fourth-order valence-corrected chi connectivity index (χ4v) is 1.55.